The van der Waals surface area contributed by atoms with Crippen molar-refractivity contribution < 1.29 is 14.3 Å². The number of benzene rings is 1. The van der Waals surface area contributed by atoms with E-state index in [4.69, 9.17) is 4.74 Å². The van der Waals surface area contributed by atoms with Crippen LogP contribution >= 0.6 is 0 Å². The monoisotopic (exact) mass is 263 g/mol. The number of hydrogen-bond acceptors (Lipinski definition) is 3. The van der Waals surface area contributed by atoms with E-state index in [0.717, 1.165) is 5.56 Å². The lowest BCUT2D eigenvalue weighted by Crippen LogP contribution is -2.47. The van der Waals surface area contributed by atoms with Crippen LogP contribution in [-0.2, 0) is 20.7 Å². The molecule has 0 saturated heterocycles. The summed E-state index contributed by atoms with van der Waals surface area (Å²) < 4.78 is 4.74. The molecular formula is C15H21NO3. The molecule has 0 bridgehead atoms. The molecule has 19 heavy (non-hydrogen) atoms. The Labute approximate surface area is 114 Å². The Kier molecular flexibility index (Phi) is 5.10. The smallest absolute Gasteiger partial charge is 0.328 e. The minimum absolute atomic E-state index is 0.168. The third-order valence-corrected chi connectivity index (χ3v) is 2.75. The minimum atomic E-state index is -0.654. The van der Waals surface area contributed by atoms with E-state index in [9.17, 15) is 9.59 Å². The van der Waals surface area contributed by atoms with Crippen molar-refractivity contribution in [2.24, 2.45) is 5.41 Å². The van der Waals surface area contributed by atoms with Gasteiger partial charge in [0.15, 0.2) is 0 Å². The lowest BCUT2D eigenvalue weighted by Gasteiger charge is -2.23. The molecule has 4 nitrogen and oxygen atoms in total. The van der Waals surface area contributed by atoms with Crippen LogP contribution < -0.4 is 5.32 Å². The summed E-state index contributed by atoms with van der Waals surface area (Å²) in [6, 6.07) is 8.88. The van der Waals surface area contributed by atoms with Crippen molar-refractivity contribution >= 4 is 11.9 Å². The van der Waals surface area contributed by atoms with Crippen molar-refractivity contribution in [2.45, 2.75) is 33.2 Å². The van der Waals surface area contributed by atoms with Crippen LogP contribution in [0.2, 0.25) is 0 Å². The average Bonchev–Trinajstić information content (AvgIpc) is 2.37. The Bertz CT molecular complexity index is 434. The molecule has 0 aliphatic heterocycles. The van der Waals surface area contributed by atoms with Gasteiger partial charge in [-0.25, -0.2) is 4.79 Å². The first-order valence-corrected chi connectivity index (χ1v) is 6.27. The molecular weight excluding hydrogens is 242 g/mol. The van der Waals surface area contributed by atoms with Gasteiger partial charge < -0.3 is 10.1 Å². The van der Waals surface area contributed by atoms with E-state index < -0.39 is 17.4 Å². The fourth-order valence-electron chi connectivity index (χ4n) is 1.56. The van der Waals surface area contributed by atoms with Crippen molar-refractivity contribution in [2.75, 3.05) is 7.11 Å². The van der Waals surface area contributed by atoms with Crippen LogP contribution in [0.1, 0.15) is 26.3 Å². The van der Waals surface area contributed by atoms with Crippen LogP contribution in [0.15, 0.2) is 30.3 Å². The van der Waals surface area contributed by atoms with E-state index in [-0.39, 0.29) is 5.91 Å². The van der Waals surface area contributed by atoms with Gasteiger partial charge in [-0.05, 0) is 5.56 Å². The van der Waals surface area contributed by atoms with E-state index in [0.29, 0.717) is 6.42 Å². The summed E-state index contributed by atoms with van der Waals surface area (Å²) in [5.74, 6) is -0.597. The molecule has 1 atom stereocenters. The summed E-state index contributed by atoms with van der Waals surface area (Å²) in [6.07, 6.45) is 0.426. The maximum atomic E-state index is 12.0. The Morgan fingerprint density at radius 3 is 2.26 bits per heavy atom. The van der Waals surface area contributed by atoms with Crippen LogP contribution in [0.3, 0.4) is 0 Å². The first kappa shape index (κ1) is 15.2. The third kappa shape index (κ3) is 4.73. The Morgan fingerprint density at radius 2 is 1.79 bits per heavy atom. The number of rotatable bonds is 4. The van der Waals surface area contributed by atoms with Crippen LogP contribution in [0, 0.1) is 5.41 Å². The average molecular weight is 263 g/mol. The van der Waals surface area contributed by atoms with Gasteiger partial charge in [0.2, 0.25) is 5.91 Å². The number of nitrogens with one attached hydrogen (secondary N) is 1. The molecule has 0 aromatic heterocycles. The second-order valence-corrected chi connectivity index (χ2v) is 5.49. The maximum Gasteiger partial charge on any atom is 0.328 e. The molecule has 0 fully saturated rings. The molecule has 1 aromatic rings. The summed E-state index contributed by atoms with van der Waals surface area (Å²) >= 11 is 0. The highest BCUT2D eigenvalue weighted by Gasteiger charge is 2.28. The first-order valence-electron chi connectivity index (χ1n) is 6.27. The number of carbonyl (C=O) groups excluding carboxylic acids is 2. The Morgan fingerprint density at radius 1 is 1.21 bits per heavy atom. The molecule has 0 heterocycles. The van der Waals surface area contributed by atoms with E-state index in [1.54, 1.807) is 20.8 Å². The zero-order chi connectivity index (χ0) is 14.5. The highest BCUT2D eigenvalue weighted by Crippen LogP contribution is 2.14. The zero-order valence-corrected chi connectivity index (χ0v) is 11.9. The maximum absolute atomic E-state index is 12.0. The van der Waals surface area contributed by atoms with Crippen LogP contribution in [0.25, 0.3) is 0 Å². The zero-order valence-electron chi connectivity index (χ0n) is 11.9. The number of esters is 1. The summed E-state index contributed by atoms with van der Waals surface area (Å²) in [6.45, 7) is 5.41. The summed E-state index contributed by atoms with van der Waals surface area (Å²) in [5.41, 5.74) is 0.440. The quantitative estimate of drug-likeness (QED) is 0.845. The summed E-state index contributed by atoms with van der Waals surface area (Å²) in [4.78, 5) is 23.7. The van der Waals surface area contributed by atoms with Gasteiger partial charge in [0.05, 0.1) is 7.11 Å². The molecule has 0 aliphatic rings. The second kappa shape index (κ2) is 6.36. The molecule has 0 saturated carbocycles. The van der Waals surface area contributed by atoms with Crippen molar-refractivity contribution in [1.29, 1.82) is 0 Å². The minimum Gasteiger partial charge on any atom is -0.467 e. The summed E-state index contributed by atoms with van der Waals surface area (Å²) in [5, 5.41) is 2.74. The van der Waals surface area contributed by atoms with Crippen molar-refractivity contribution in [3.05, 3.63) is 35.9 Å². The van der Waals surface area contributed by atoms with Gasteiger partial charge in [-0.3, -0.25) is 4.79 Å². The molecule has 1 unspecified atom stereocenters. The van der Waals surface area contributed by atoms with Crippen molar-refractivity contribution in [3.63, 3.8) is 0 Å². The number of amides is 1. The van der Waals surface area contributed by atoms with Gasteiger partial charge in [-0.15, -0.1) is 0 Å². The lowest BCUT2D eigenvalue weighted by atomic mass is 9.94. The van der Waals surface area contributed by atoms with E-state index >= 15 is 0 Å². The van der Waals surface area contributed by atoms with Gasteiger partial charge in [0.1, 0.15) is 6.04 Å². The topological polar surface area (TPSA) is 55.4 Å². The molecule has 1 rings (SSSR count). The third-order valence-electron chi connectivity index (χ3n) is 2.75. The van der Waals surface area contributed by atoms with E-state index in [2.05, 4.69) is 5.32 Å². The predicted molar refractivity (Wildman–Crippen MR) is 73.5 cm³/mol. The van der Waals surface area contributed by atoms with Gasteiger partial charge in [0.25, 0.3) is 0 Å². The number of methoxy groups -OCH3 is 1. The SMILES string of the molecule is COC(=O)C(Cc1ccccc1)NC(=O)C(C)(C)C. The van der Waals surface area contributed by atoms with E-state index in [1.165, 1.54) is 7.11 Å². The van der Waals surface area contributed by atoms with Gasteiger partial charge in [0, 0.05) is 11.8 Å². The Hall–Kier alpha value is -1.84. The summed E-state index contributed by atoms with van der Waals surface area (Å²) in [7, 11) is 1.32. The molecule has 0 radical (unpaired) electrons. The Balaban J connectivity index is 2.79. The lowest BCUT2D eigenvalue weighted by molar-refractivity contribution is -0.146. The molecule has 1 amide bonds. The predicted octanol–water partition coefficient (Wildman–Crippen LogP) is 1.93. The molecule has 0 aliphatic carbocycles. The first-order chi connectivity index (χ1) is 8.84. The van der Waals surface area contributed by atoms with Gasteiger partial charge in [-0.2, -0.15) is 0 Å². The number of hydrogen-bond donors (Lipinski definition) is 1. The van der Waals surface area contributed by atoms with Gasteiger partial charge >= 0.3 is 5.97 Å². The van der Waals surface area contributed by atoms with E-state index in [1.807, 2.05) is 30.3 Å². The van der Waals surface area contributed by atoms with Crippen molar-refractivity contribution in [1.82, 2.24) is 5.32 Å². The molecule has 1 aromatic carbocycles. The largest absolute Gasteiger partial charge is 0.467 e. The molecule has 4 heteroatoms. The molecule has 1 N–H and O–H groups in total. The number of carbonyl (C=O) groups is 2. The normalized spacial score (nSPS) is 12.6. The second-order valence-electron chi connectivity index (χ2n) is 5.49. The fourth-order valence-corrected chi connectivity index (χ4v) is 1.56. The van der Waals surface area contributed by atoms with Gasteiger partial charge in [-0.1, -0.05) is 51.1 Å². The standard InChI is InChI=1S/C15H21NO3/c1-15(2,3)14(18)16-12(13(17)19-4)10-11-8-6-5-7-9-11/h5-9,12H,10H2,1-4H3,(H,16,18). The molecule has 104 valence electrons. The highest BCUT2D eigenvalue weighted by atomic mass is 16.5. The fraction of sp³-hybridized carbons (Fsp3) is 0.467. The van der Waals surface area contributed by atoms with Crippen LogP contribution in [0.5, 0.6) is 0 Å². The highest BCUT2D eigenvalue weighted by molar-refractivity contribution is 5.87. The van der Waals surface area contributed by atoms with Crippen molar-refractivity contribution in [3.8, 4) is 0 Å². The number of ether oxygens (including phenoxy) is 1. The molecule has 0 spiro atoms. The van der Waals surface area contributed by atoms with Crippen LogP contribution in [-0.4, -0.2) is 25.0 Å². The van der Waals surface area contributed by atoms with Crippen LogP contribution in [0.4, 0.5) is 0 Å².